The van der Waals surface area contributed by atoms with Crippen molar-refractivity contribution >= 4 is 34.4 Å². The number of oxazole rings is 1. The predicted molar refractivity (Wildman–Crippen MR) is 105 cm³/mol. The molecule has 7 nitrogen and oxygen atoms in total. The summed E-state index contributed by atoms with van der Waals surface area (Å²) in [5.41, 5.74) is 0.234. The van der Waals surface area contributed by atoms with Crippen molar-refractivity contribution in [3.8, 4) is 0 Å². The van der Waals surface area contributed by atoms with Gasteiger partial charge in [0.2, 0.25) is 5.91 Å². The van der Waals surface area contributed by atoms with Crippen molar-refractivity contribution < 1.29 is 22.4 Å². The fourth-order valence-electron chi connectivity index (χ4n) is 2.82. The van der Waals surface area contributed by atoms with Crippen molar-refractivity contribution in [2.24, 2.45) is 0 Å². The van der Waals surface area contributed by atoms with Crippen molar-refractivity contribution in [2.45, 2.75) is 25.6 Å². The number of rotatable bonds is 8. The average molecular weight is 443 g/mol. The van der Waals surface area contributed by atoms with Crippen molar-refractivity contribution in [3.63, 3.8) is 0 Å². The number of benzene rings is 1. The van der Waals surface area contributed by atoms with E-state index in [0.29, 0.717) is 30.3 Å². The van der Waals surface area contributed by atoms with Crippen LogP contribution >= 0.6 is 11.6 Å². The molecule has 0 aliphatic carbocycles. The second-order valence-corrected chi connectivity index (χ2v) is 6.83. The van der Waals surface area contributed by atoms with Gasteiger partial charge in [-0.05, 0) is 24.6 Å². The molecule has 0 fully saturated rings. The Kier molecular flexibility index (Phi) is 6.66. The van der Waals surface area contributed by atoms with Gasteiger partial charge in [-0.3, -0.25) is 9.36 Å². The first-order chi connectivity index (χ1) is 14.3. The van der Waals surface area contributed by atoms with E-state index in [1.807, 2.05) is 0 Å². The van der Waals surface area contributed by atoms with Crippen molar-refractivity contribution in [1.82, 2.24) is 14.9 Å². The Morgan fingerprint density at radius 2 is 2.00 bits per heavy atom. The second kappa shape index (κ2) is 9.21. The Morgan fingerprint density at radius 3 is 2.73 bits per heavy atom. The van der Waals surface area contributed by atoms with Gasteiger partial charge in [-0.1, -0.05) is 23.7 Å². The van der Waals surface area contributed by atoms with E-state index in [0.717, 1.165) is 6.07 Å². The molecule has 2 aromatic heterocycles. The summed E-state index contributed by atoms with van der Waals surface area (Å²) in [5.74, 6) is -0.587. The average Bonchev–Trinajstić information content (AvgIpc) is 3.01. The summed E-state index contributed by atoms with van der Waals surface area (Å²) in [7, 11) is 0. The molecule has 1 amide bonds. The lowest BCUT2D eigenvalue weighted by molar-refractivity contribution is -0.137. The summed E-state index contributed by atoms with van der Waals surface area (Å²) in [6.07, 6.45) is -3.19. The van der Waals surface area contributed by atoms with Crippen LogP contribution in [0.2, 0.25) is 5.02 Å². The lowest BCUT2D eigenvalue weighted by Gasteiger charge is -2.11. The number of aromatic nitrogens is 2. The molecule has 0 saturated heterocycles. The van der Waals surface area contributed by atoms with Gasteiger partial charge in [-0.15, -0.1) is 0 Å². The molecule has 0 saturated carbocycles. The van der Waals surface area contributed by atoms with E-state index >= 15 is 0 Å². The molecule has 0 bridgehead atoms. The van der Waals surface area contributed by atoms with E-state index in [1.165, 1.54) is 4.57 Å². The number of pyridine rings is 1. The molecule has 0 aliphatic rings. The highest BCUT2D eigenvalue weighted by atomic mass is 35.5. The van der Waals surface area contributed by atoms with Gasteiger partial charge in [-0.2, -0.15) is 13.2 Å². The summed E-state index contributed by atoms with van der Waals surface area (Å²) >= 11 is 5.80. The number of nitrogens with zero attached hydrogens (tertiary/aromatic N) is 2. The number of para-hydroxylation sites is 2. The van der Waals surface area contributed by atoms with Gasteiger partial charge in [0, 0.05) is 32.3 Å². The topological polar surface area (TPSA) is 89.2 Å². The smallest absolute Gasteiger partial charge is 0.408 e. The number of alkyl halides is 3. The van der Waals surface area contributed by atoms with Crippen LogP contribution in [0.5, 0.6) is 0 Å². The zero-order valence-electron chi connectivity index (χ0n) is 15.6. The van der Waals surface area contributed by atoms with Gasteiger partial charge in [0.25, 0.3) is 0 Å². The lowest BCUT2D eigenvalue weighted by atomic mass is 10.2. The van der Waals surface area contributed by atoms with Crippen molar-refractivity contribution in [3.05, 3.63) is 57.7 Å². The van der Waals surface area contributed by atoms with Gasteiger partial charge in [0.15, 0.2) is 5.58 Å². The summed E-state index contributed by atoms with van der Waals surface area (Å²) in [6.45, 7) is 0.800. The summed E-state index contributed by atoms with van der Waals surface area (Å²) in [4.78, 5) is 27.5. The third kappa shape index (κ3) is 5.32. The molecule has 2 heterocycles. The van der Waals surface area contributed by atoms with E-state index in [2.05, 4.69) is 15.6 Å². The fourth-order valence-corrected chi connectivity index (χ4v) is 3.05. The van der Waals surface area contributed by atoms with Gasteiger partial charge in [0.05, 0.1) is 16.1 Å². The van der Waals surface area contributed by atoms with Gasteiger partial charge in [0.1, 0.15) is 5.82 Å². The van der Waals surface area contributed by atoms with Crippen LogP contribution in [0.25, 0.3) is 11.1 Å². The van der Waals surface area contributed by atoms with Gasteiger partial charge < -0.3 is 15.1 Å². The maximum absolute atomic E-state index is 12.6. The lowest BCUT2D eigenvalue weighted by Crippen LogP contribution is -2.29. The van der Waals surface area contributed by atoms with Gasteiger partial charge >= 0.3 is 11.9 Å². The van der Waals surface area contributed by atoms with Crippen LogP contribution in [0.3, 0.4) is 0 Å². The number of anilines is 1. The van der Waals surface area contributed by atoms with Crippen LogP contribution in [-0.2, 0) is 17.5 Å². The minimum absolute atomic E-state index is 0.102. The minimum atomic E-state index is -4.52. The largest absolute Gasteiger partial charge is 0.419 e. The highest BCUT2D eigenvalue weighted by molar-refractivity contribution is 6.32. The first-order valence-electron chi connectivity index (χ1n) is 9.07. The van der Waals surface area contributed by atoms with Crippen LogP contribution in [0.15, 0.2) is 45.7 Å². The Morgan fingerprint density at radius 1 is 1.23 bits per heavy atom. The molecule has 30 heavy (non-hydrogen) atoms. The molecule has 0 atom stereocenters. The Hall–Kier alpha value is -3.01. The predicted octanol–water partition coefficient (Wildman–Crippen LogP) is 3.67. The second-order valence-electron chi connectivity index (χ2n) is 6.42. The number of amides is 1. The van der Waals surface area contributed by atoms with Crippen LogP contribution in [0, 0.1) is 0 Å². The first-order valence-corrected chi connectivity index (χ1v) is 9.45. The number of halogens is 4. The highest BCUT2D eigenvalue weighted by Crippen LogP contribution is 2.32. The zero-order valence-corrected chi connectivity index (χ0v) is 16.4. The Labute approximate surface area is 173 Å². The third-order valence-corrected chi connectivity index (χ3v) is 4.56. The molecular formula is C19H18ClF3N4O3. The molecule has 160 valence electrons. The molecule has 2 N–H and O–H groups in total. The van der Waals surface area contributed by atoms with Crippen molar-refractivity contribution in [1.29, 1.82) is 0 Å². The number of carbonyl (C=O) groups is 1. The Bertz CT molecular complexity index is 1090. The Balaban J connectivity index is 1.40. The molecular weight excluding hydrogens is 425 g/mol. The molecule has 0 unspecified atom stereocenters. The molecule has 11 heteroatoms. The molecule has 1 aromatic carbocycles. The molecule has 3 aromatic rings. The summed E-state index contributed by atoms with van der Waals surface area (Å²) in [6, 6.07) is 7.82. The minimum Gasteiger partial charge on any atom is -0.408 e. The monoisotopic (exact) mass is 442 g/mol. The zero-order chi connectivity index (χ0) is 21.7. The third-order valence-electron chi connectivity index (χ3n) is 4.27. The van der Waals surface area contributed by atoms with E-state index in [9.17, 15) is 22.8 Å². The number of hydrogen-bond acceptors (Lipinski definition) is 5. The van der Waals surface area contributed by atoms with Crippen LogP contribution in [0.4, 0.5) is 19.0 Å². The number of hydrogen-bond donors (Lipinski definition) is 2. The maximum atomic E-state index is 12.6. The highest BCUT2D eigenvalue weighted by Gasteiger charge is 2.31. The van der Waals surface area contributed by atoms with E-state index in [-0.39, 0.29) is 36.3 Å². The van der Waals surface area contributed by atoms with E-state index in [4.69, 9.17) is 16.0 Å². The standard InChI is InChI=1S/C19H18ClF3N4O3/c20-13-10-12(19(21,22)23)11-26-17(13)25-8-7-24-16(28)6-3-9-27-14-4-1-2-5-15(14)30-18(27)29/h1-2,4-5,10-11H,3,6-9H2,(H,24,28)(H,25,26). The van der Waals surface area contributed by atoms with E-state index < -0.39 is 17.5 Å². The quantitative estimate of drug-likeness (QED) is 0.520. The van der Waals surface area contributed by atoms with Gasteiger partial charge in [-0.25, -0.2) is 9.78 Å². The molecule has 0 aliphatic heterocycles. The van der Waals surface area contributed by atoms with Crippen LogP contribution in [-0.4, -0.2) is 28.5 Å². The molecule has 0 radical (unpaired) electrons. The normalized spacial score (nSPS) is 11.6. The molecule has 3 rings (SSSR count). The maximum Gasteiger partial charge on any atom is 0.419 e. The fraction of sp³-hybridized carbons (Fsp3) is 0.316. The SMILES string of the molecule is O=C(CCCn1c(=O)oc2ccccc21)NCCNc1ncc(C(F)(F)F)cc1Cl. The number of fused-ring (bicyclic) bond motifs is 1. The number of nitrogens with one attached hydrogen (secondary N) is 2. The summed E-state index contributed by atoms with van der Waals surface area (Å²) < 4.78 is 44.4. The number of carbonyl (C=O) groups excluding carboxylic acids is 1. The molecule has 0 spiro atoms. The van der Waals surface area contributed by atoms with E-state index in [1.54, 1.807) is 24.3 Å². The first kappa shape index (κ1) is 21.7. The number of aryl methyl sites for hydroxylation is 1. The van der Waals surface area contributed by atoms with Crippen LogP contribution < -0.4 is 16.4 Å². The summed E-state index contributed by atoms with van der Waals surface area (Å²) in [5, 5.41) is 5.29. The van der Waals surface area contributed by atoms with Crippen molar-refractivity contribution in [2.75, 3.05) is 18.4 Å². The van der Waals surface area contributed by atoms with Crippen LogP contribution in [0.1, 0.15) is 18.4 Å².